The number of aromatic nitrogens is 3. The molecule has 1 heterocycles. The van der Waals surface area contributed by atoms with Crippen molar-refractivity contribution in [2.24, 2.45) is 12.8 Å². The van der Waals surface area contributed by atoms with Gasteiger partial charge in [0.25, 0.3) is 5.91 Å². The van der Waals surface area contributed by atoms with Crippen molar-refractivity contribution in [3.8, 4) is 17.1 Å². The van der Waals surface area contributed by atoms with Crippen molar-refractivity contribution < 1.29 is 14.3 Å². The summed E-state index contributed by atoms with van der Waals surface area (Å²) in [6.07, 6.45) is 5.02. The first kappa shape index (κ1) is 21.9. The number of anilines is 1. The Morgan fingerprint density at radius 2 is 1.84 bits per heavy atom. The Balaban J connectivity index is 1.37. The fourth-order valence-corrected chi connectivity index (χ4v) is 4.41. The molecule has 0 saturated heterocycles. The number of hydrogen-bond acceptors (Lipinski definition) is 6. The van der Waals surface area contributed by atoms with E-state index in [0.717, 1.165) is 24.2 Å². The highest BCUT2D eigenvalue weighted by molar-refractivity contribution is 7.99. The van der Waals surface area contributed by atoms with Crippen LogP contribution in [0.5, 0.6) is 5.75 Å². The van der Waals surface area contributed by atoms with E-state index in [0.29, 0.717) is 22.8 Å². The maximum atomic E-state index is 12.4. The van der Waals surface area contributed by atoms with Crippen LogP contribution in [0.1, 0.15) is 36.0 Å². The largest absolute Gasteiger partial charge is 0.490 e. The van der Waals surface area contributed by atoms with Gasteiger partial charge in [-0.15, -0.1) is 10.2 Å². The van der Waals surface area contributed by atoms with Gasteiger partial charge in [-0.3, -0.25) is 9.59 Å². The Bertz CT molecular complexity index is 1110. The maximum absolute atomic E-state index is 12.4. The third kappa shape index (κ3) is 5.11. The second kappa shape index (κ2) is 9.86. The number of primary amides is 1. The summed E-state index contributed by atoms with van der Waals surface area (Å²) in [5.41, 5.74) is 6.94. The lowest BCUT2D eigenvalue weighted by molar-refractivity contribution is -0.113. The number of amides is 2. The van der Waals surface area contributed by atoms with Gasteiger partial charge >= 0.3 is 0 Å². The summed E-state index contributed by atoms with van der Waals surface area (Å²) in [5.74, 6) is 0.838. The average molecular weight is 452 g/mol. The first-order chi connectivity index (χ1) is 15.5. The minimum atomic E-state index is -0.592. The van der Waals surface area contributed by atoms with Crippen molar-refractivity contribution in [3.63, 3.8) is 0 Å². The summed E-state index contributed by atoms with van der Waals surface area (Å²) in [6.45, 7) is 0. The minimum Gasteiger partial charge on any atom is -0.490 e. The summed E-state index contributed by atoms with van der Waals surface area (Å²) in [5, 5.41) is 11.8. The SMILES string of the molecule is Cn1c(SCC(=O)Nc2ccccc2C(N)=O)nnc1-c1ccc(OC2CCCC2)cc1. The van der Waals surface area contributed by atoms with E-state index in [1.807, 2.05) is 35.9 Å². The van der Waals surface area contributed by atoms with Gasteiger partial charge in [-0.1, -0.05) is 23.9 Å². The van der Waals surface area contributed by atoms with Gasteiger partial charge in [0, 0.05) is 12.6 Å². The van der Waals surface area contributed by atoms with Crippen molar-refractivity contribution in [2.75, 3.05) is 11.1 Å². The molecule has 2 amide bonds. The number of thioether (sulfide) groups is 1. The Morgan fingerprint density at radius 1 is 1.12 bits per heavy atom. The van der Waals surface area contributed by atoms with Crippen LogP contribution in [0, 0.1) is 0 Å². The molecule has 1 aliphatic rings. The second-order valence-corrected chi connectivity index (χ2v) is 8.60. The van der Waals surface area contributed by atoms with E-state index >= 15 is 0 Å². The van der Waals surface area contributed by atoms with Crippen LogP contribution in [0.4, 0.5) is 5.69 Å². The molecule has 3 N–H and O–H groups in total. The molecule has 166 valence electrons. The standard InChI is InChI=1S/C23H25N5O3S/c1-28-22(15-10-12-17(13-11-15)31-16-6-2-3-7-16)26-27-23(28)32-14-20(29)25-19-9-5-4-8-18(19)21(24)30/h4-5,8-13,16H,2-3,6-7,14H2,1H3,(H2,24,30)(H,25,29). The topological polar surface area (TPSA) is 112 Å². The Hall–Kier alpha value is -3.33. The third-order valence-corrected chi connectivity index (χ3v) is 6.37. The van der Waals surface area contributed by atoms with E-state index in [-0.39, 0.29) is 17.2 Å². The van der Waals surface area contributed by atoms with Crippen LogP contribution in [0.25, 0.3) is 11.4 Å². The highest BCUT2D eigenvalue weighted by Crippen LogP contribution is 2.27. The molecule has 3 aromatic rings. The molecule has 1 fully saturated rings. The zero-order valence-electron chi connectivity index (χ0n) is 17.8. The van der Waals surface area contributed by atoms with Gasteiger partial charge in [-0.05, 0) is 62.1 Å². The van der Waals surface area contributed by atoms with Gasteiger partial charge in [0.05, 0.1) is 23.1 Å². The molecule has 2 aromatic carbocycles. The molecular formula is C23H25N5O3S. The monoisotopic (exact) mass is 451 g/mol. The molecule has 0 spiro atoms. The number of nitrogens with one attached hydrogen (secondary N) is 1. The highest BCUT2D eigenvalue weighted by Gasteiger charge is 2.17. The zero-order valence-corrected chi connectivity index (χ0v) is 18.6. The molecular weight excluding hydrogens is 426 g/mol. The summed E-state index contributed by atoms with van der Waals surface area (Å²) in [4.78, 5) is 23.9. The molecule has 4 rings (SSSR count). The fraction of sp³-hybridized carbons (Fsp3) is 0.304. The van der Waals surface area contributed by atoms with Gasteiger partial charge in [0.15, 0.2) is 11.0 Å². The molecule has 0 aliphatic heterocycles. The van der Waals surface area contributed by atoms with Gasteiger partial charge < -0.3 is 20.4 Å². The van der Waals surface area contributed by atoms with Gasteiger partial charge in [0.1, 0.15) is 5.75 Å². The molecule has 0 radical (unpaired) electrons. The lowest BCUT2D eigenvalue weighted by Crippen LogP contribution is -2.19. The van der Waals surface area contributed by atoms with E-state index in [2.05, 4.69) is 15.5 Å². The summed E-state index contributed by atoms with van der Waals surface area (Å²) in [7, 11) is 1.86. The van der Waals surface area contributed by atoms with E-state index < -0.39 is 5.91 Å². The molecule has 1 aliphatic carbocycles. The van der Waals surface area contributed by atoms with Crippen molar-refractivity contribution in [1.82, 2.24) is 14.8 Å². The van der Waals surface area contributed by atoms with E-state index in [9.17, 15) is 9.59 Å². The van der Waals surface area contributed by atoms with Crippen LogP contribution in [0.3, 0.4) is 0 Å². The van der Waals surface area contributed by atoms with Crippen molar-refractivity contribution >= 4 is 29.3 Å². The zero-order chi connectivity index (χ0) is 22.5. The van der Waals surface area contributed by atoms with Crippen LogP contribution < -0.4 is 15.8 Å². The number of nitrogens with zero attached hydrogens (tertiary/aromatic N) is 3. The predicted molar refractivity (Wildman–Crippen MR) is 124 cm³/mol. The van der Waals surface area contributed by atoms with Crippen molar-refractivity contribution in [3.05, 3.63) is 54.1 Å². The maximum Gasteiger partial charge on any atom is 0.250 e. The summed E-state index contributed by atoms with van der Waals surface area (Å²) >= 11 is 1.27. The fourth-order valence-electron chi connectivity index (χ4n) is 3.70. The number of carbonyl (C=O) groups is 2. The Kier molecular flexibility index (Phi) is 6.75. The van der Waals surface area contributed by atoms with Crippen molar-refractivity contribution in [1.29, 1.82) is 0 Å². The van der Waals surface area contributed by atoms with Gasteiger partial charge in [-0.2, -0.15) is 0 Å². The average Bonchev–Trinajstić information content (AvgIpc) is 3.43. The molecule has 0 bridgehead atoms. The Morgan fingerprint density at radius 3 is 2.56 bits per heavy atom. The first-order valence-electron chi connectivity index (χ1n) is 10.5. The lowest BCUT2D eigenvalue weighted by Gasteiger charge is -2.13. The molecule has 1 saturated carbocycles. The van der Waals surface area contributed by atoms with E-state index in [1.165, 1.54) is 24.6 Å². The molecule has 0 unspecified atom stereocenters. The molecule has 32 heavy (non-hydrogen) atoms. The number of para-hydroxylation sites is 1. The number of ether oxygens (including phenoxy) is 1. The van der Waals surface area contributed by atoms with Crippen LogP contribution in [0.15, 0.2) is 53.7 Å². The van der Waals surface area contributed by atoms with Gasteiger partial charge in [-0.25, -0.2) is 0 Å². The smallest absolute Gasteiger partial charge is 0.250 e. The summed E-state index contributed by atoms with van der Waals surface area (Å²) in [6, 6.07) is 14.5. The third-order valence-electron chi connectivity index (χ3n) is 5.35. The van der Waals surface area contributed by atoms with Crippen LogP contribution in [-0.2, 0) is 11.8 Å². The predicted octanol–water partition coefficient (Wildman–Crippen LogP) is 3.63. The number of rotatable bonds is 8. The second-order valence-electron chi connectivity index (χ2n) is 7.66. The minimum absolute atomic E-state index is 0.118. The molecule has 1 aromatic heterocycles. The van der Waals surface area contributed by atoms with E-state index in [1.54, 1.807) is 24.3 Å². The van der Waals surface area contributed by atoms with E-state index in [4.69, 9.17) is 10.5 Å². The number of carbonyl (C=O) groups excluding carboxylic acids is 2. The quantitative estimate of drug-likeness (QED) is 0.506. The summed E-state index contributed by atoms with van der Waals surface area (Å²) < 4.78 is 7.87. The lowest BCUT2D eigenvalue weighted by atomic mass is 10.1. The van der Waals surface area contributed by atoms with Crippen LogP contribution in [-0.4, -0.2) is 38.4 Å². The normalized spacial score (nSPS) is 13.8. The number of nitrogens with two attached hydrogens (primary N) is 1. The van der Waals surface area contributed by atoms with Gasteiger partial charge in [0.2, 0.25) is 5.91 Å². The number of benzene rings is 2. The molecule has 0 atom stereocenters. The Labute approximate surface area is 190 Å². The van der Waals surface area contributed by atoms with Crippen LogP contribution in [0.2, 0.25) is 0 Å². The molecule has 8 nitrogen and oxygen atoms in total. The van der Waals surface area contributed by atoms with Crippen LogP contribution >= 0.6 is 11.8 Å². The first-order valence-corrected chi connectivity index (χ1v) is 11.5. The van der Waals surface area contributed by atoms with Crippen molar-refractivity contribution in [2.45, 2.75) is 36.9 Å². The highest BCUT2D eigenvalue weighted by atomic mass is 32.2. The molecule has 9 heteroatoms. The number of hydrogen-bond donors (Lipinski definition) is 2.